The van der Waals surface area contributed by atoms with Gasteiger partial charge in [0.05, 0.1) is 0 Å². The number of hydrogen-bond donors (Lipinski definition) is 0. The fraction of sp³-hybridized carbons (Fsp3) is 0.750. The van der Waals surface area contributed by atoms with Crippen molar-refractivity contribution in [3.8, 4) is 0 Å². The summed E-state index contributed by atoms with van der Waals surface area (Å²) in [6, 6.07) is 0. The van der Waals surface area contributed by atoms with E-state index in [1.165, 1.54) is 0 Å². The van der Waals surface area contributed by atoms with Crippen LogP contribution in [0.3, 0.4) is 0 Å². The first kappa shape index (κ1) is 16.0. The zero-order valence-corrected chi connectivity index (χ0v) is 8.18. The minimum Gasteiger partial charge on any atom is -0.723 e. The van der Waals surface area contributed by atoms with E-state index in [0.717, 1.165) is 6.92 Å². The molecule has 0 aromatic carbocycles. The van der Waals surface area contributed by atoms with Gasteiger partial charge in [0, 0.05) is 33.6 Å². The van der Waals surface area contributed by atoms with Crippen LogP contribution in [0.25, 0.3) is 0 Å². The van der Waals surface area contributed by atoms with Crippen LogP contribution in [0.1, 0.15) is 13.8 Å². The molecule has 0 amide bonds. The Balaban J connectivity index is -0.0000000720. The van der Waals surface area contributed by atoms with Crippen LogP contribution >= 0.6 is 0 Å². The minimum absolute atomic E-state index is 0. The van der Waals surface area contributed by atoms with Crippen LogP contribution in [-0.4, -0.2) is 12.6 Å². The minimum atomic E-state index is -1.08. The molecule has 0 fully saturated rings. The first-order valence-electron chi connectivity index (χ1n) is 2.07. The fourth-order valence-corrected chi connectivity index (χ4v) is 0. The normalized spacial score (nSPS) is 6.11. The third-order valence-corrected chi connectivity index (χ3v) is 0.118. The van der Waals surface area contributed by atoms with Crippen LogP contribution in [0.4, 0.5) is 0 Å². The largest absolute Gasteiger partial charge is 0.723 e. The maximum atomic E-state index is 8.89. The van der Waals surface area contributed by atoms with Crippen LogP contribution in [0.15, 0.2) is 0 Å². The Morgan fingerprint density at radius 3 is 1.78 bits per heavy atom. The van der Waals surface area contributed by atoms with Crippen molar-refractivity contribution in [2.24, 2.45) is 0 Å². The third-order valence-electron chi connectivity index (χ3n) is 0.118. The number of carboxylic acid groups (broad SMARTS) is 1. The first-order valence-corrected chi connectivity index (χ1v) is 2.07. The van der Waals surface area contributed by atoms with Gasteiger partial charge in [-0.25, -0.2) is 0 Å². The predicted molar refractivity (Wildman–Crippen MR) is 22.3 cm³/mol. The van der Waals surface area contributed by atoms with Crippen LogP contribution < -0.4 is 10.4 Å². The van der Waals surface area contributed by atoms with Gasteiger partial charge in [0.2, 0.25) is 0 Å². The Kier molecular flexibility index (Phi) is 28.0. The summed E-state index contributed by atoms with van der Waals surface area (Å²) in [4.78, 5) is 12.2. The fourth-order valence-electron chi connectivity index (χ4n) is 0. The summed E-state index contributed by atoms with van der Waals surface area (Å²) in [5.41, 5.74) is 0. The van der Waals surface area contributed by atoms with Crippen molar-refractivity contribution in [3.63, 3.8) is 0 Å². The molecule has 0 heterocycles. The van der Waals surface area contributed by atoms with Crippen molar-refractivity contribution in [2.45, 2.75) is 13.8 Å². The number of aliphatic carboxylic acids is 1. The number of carbonyl (C=O) groups is 1. The molecule has 0 aliphatic carbocycles. The average Bonchev–Trinajstić information content (AvgIpc) is 1.65. The zero-order chi connectivity index (χ0) is 6.99. The molecule has 0 bridgehead atoms. The van der Waals surface area contributed by atoms with E-state index in [1.807, 2.05) is 0 Å². The Morgan fingerprint density at radius 2 is 1.78 bits per heavy atom. The molecular weight excluding hydrogens is 296 g/mol. The van der Waals surface area contributed by atoms with Gasteiger partial charge in [0.25, 0.3) is 0 Å². The summed E-state index contributed by atoms with van der Waals surface area (Å²) in [6.07, 6.45) is 0. The molecule has 0 aliphatic heterocycles. The molecular formula is C4H8O4W-2. The molecule has 0 radical (unpaired) electrons. The quantitative estimate of drug-likeness (QED) is 0.417. The van der Waals surface area contributed by atoms with Gasteiger partial charge in [-0.2, -0.15) is 0 Å². The molecule has 0 saturated heterocycles. The van der Waals surface area contributed by atoms with Crippen LogP contribution in [-0.2, 0) is 30.7 Å². The molecule has 0 aromatic rings. The molecule has 0 rings (SSSR count). The van der Waals surface area contributed by atoms with Crippen LogP contribution in [0.5, 0.6) is 0 Å². The molecule has 4 nitrogen and oxygen atoms in total. The molecule has 0 N–H and O–H groups in total. The number of rotatable bonds is 1. The maximum absolute atomic E-state index is 8.89. The summed E-state index contributed by atoms with van der Waals surface area (Å²) in [5.74, 6) is -1.08. The molecule has 0 aliphatic rings. The number of hydrogen-bond acceptors (Lipinski definition) is 4. The second-order valence-corrected chi connectivity index (χ2v) is 0.898. The Labute approximate surface area is 68.0 Å². The monoisotopic (exact) mass is 304 g/mol. The number of carboxylic acids is 1. The van der Waals surface area contributed by atoms with Crippen molar-refractivity contribution in [1.29, 1.82) is 0 Å². The van der Waals surface area contributed by atoms with Gasteiger partial charge in [0.1, 0.15) is 0 Å². The molecule has 0 unspecified atom stereocenters. The molecule has 0 atom stereocenters. The van der Waals surface area contributed by atoms with Crippen molar-refractivity contribution >= 4 is 5.97 Å². The smallest absolute Gasteiger partial charge is 0.0383 e. The summed E-state index contributed by atoms with van der Waals surface area (Å²) < 4.78 is 0. The topological polar surface area (TPSA) is 72.4 Å². The van der Waals surface area contributed by atoms with E-state index in [0.29, 0.717) is 0 Å². The SMILES string of the molecule is CC(=O)[O-].CCO[O-].[W]. The van der Waals surface area contributed by atoms with E-state index in [1.54, 1.807) is 6.92 Å². The van der Waals surface area contributed by atoms with Crippen molar-refractivity contribution in [2.75, 3.05) is 6.61 Å². The zero-order valence-electron chi connectivity index (χ0n) is 5.25. The van der Waals surface area contributed by atoms with Crippen LogP contribution in [0, 0.1) is 0 Å². The van der Waals surface area contributed by atoms with Gasteiger partial charge in [0.15, 0.2) is 0 Å². The summed E-state index contributed by atoms with van der Waals surface area (Å²) in [5, 5.41) is 17.7. The van der Waals surface area contributed by atoms with E-state index in [2.05, 4.69) is 4.89 Å². The second kappa shape index (κ2) is 15.7. The predicted octanol–water partition coefficient (Wildman–Crippen LogP) is -1.95. The standard InChI is InChI=1S/C2H6O2.C2H4O2.W/c1-2-4-3;1-2(3)4;/h3H,2H2,1H3;1H3,(H,3,4);/p-2. The van der Waals surface area contributed by atoms with Gasteiger partial charge in [-0.1, -0.05) is 0 Å². The van der Waals surface area contributed by atoms with Crippen molar-refractivity contribution < 1.29 is 41.1 Å². The first-order chi connectivity index (χ1) is 3.65. The molecule has 0 saturated carbocycles. The van der Waals surface area contributed by atoms with Gasteiger partial charge >= 0.3 is 0 Å². The summed E-state index contributed by atoms with van der Waals surface area (Å²) in [6.45, 7) is 2.88. The Morgan fingerprint density at radius 1 is 1.67 bits per heavy atom. The third kappa shape index (κ3) is 257. The van der Waals surface area contributed by atoms with Crippen molar-refractivity contribution in [3.05, 3.63) is 0 Å². The van der Waals surface area contributed by atoms with Gasteiger partial charge in [-0.15, -0.1) is 0 Å². The van der Waals surface area contributed by atoms with E-state index in [-0.39, 0.29) is 27.7 Å². The van der Waals surface area contributed by atoms with Gasteiger partial charge in [-0.3, -0.25) is 0 Å². The van der Waals surface area contributed by atoms with Gasteiger partial charge < -0.3 is 20.0 Å². The van der Waals surface area contributed by atoms with E-state index >= 15 is 0 Å². The second-order valence-electron chi connectivity index (χ2n) is 0.898. The Hall–Kier alpha value is 0.0783. The summed E-state index contributed by atoms with van der Waals surface area (Å²) >= 11 is 0. The Bertz CT molecular complexity index is 50.5. The molecule has 5 heteroatoms. The van der Waals surface area contributed by atoms with Crippen LogP contribution in [0.2, 0.25) is 0 Å². The molecule has 56 valence electrons. The van der Waals surface area contributed by atoms with E-state index < -0.39 is 5.97 Å². The maximum Gasteiger partial charge on any atom is 0.0383 e. The molecule has 9 heavy (non-hydrogen) atoms. The average molecular weight is 304 g/mol. The molecule has 0 spiro atoms. The van der Waals surface area contributed by atoms with Crippen molar-refractivity contribution in [1.82, 2.24) is 0 Å². The number of carbonyl (C=O) groups excluding carboxylic acids is 1. The molecule has 0 aromatic heterocycles. The van der Waals surface area contributed by atoms with E-state index in [9.17, 15) is 0 Å². The van der Waals surface area contributed by atoms with Gasteiger partial charge in [-0.05, 0) is 13.8 Å². The van der Waals surface area contributed by atoms with E-state index in [4.69, 9.17) is 15.2 Å². The summed E-state index contributed by atoms with van der Waals surface area (Å²) in [7, 11) is 0.